The van der Waals surface area contributed by atoms with Crippen LogP contribution in [0.3, 0.4) is 0 Å². The van der Waals surface area contributed by atoms with E-state index in [2.05, 4.69) is 33.2 Å². The minimum absolute atomic E-state index is 0.736. The molecule has 1 unspecified atom stereocenters. The van der Waals surface area contributed by atoms with E-state index in [0.29, 0.717) is 0 Å². The summed E-state index contributed by atoms with van der Waals surface area (Å²) in [6.45, 7) is 5.42. The zero-order valence-electron chi connectivity index (χ0n) is 10.8. The van der Waals surface area contributed by atoms with Gasteiger partial charge >= 0.3 is 0 Å². The molecular weight excluding hydrogens is 244 g/mol. The first-order valence-electron chi connectivity index (χ1n) is 6.38. The Morgan fingerprint density at radius 3 is 3.22 bits per heavy atom. The van der Waals surface area contributed by atoms with E-state index in [1.54, 1.807) is 17.7 Å². The van der Waals surface area contributed by atoms with Crippen LogP contribution in [0, 0.1) is 12.8 Å². The molecule has 1 atom stereocenters. The molecule has 0 saturated carbocycles. The highest BCUT2D eigenvalue weighted by Gasteiger charge is 2.24. The molecule has 3 rings (SSSR count). The van der Waals surface area contributed by atoms with Crippen LogP contribution in [0.1, 0.15) is 11.3 Å². The summed E-state index contributed by atoms with van der Waals surface area (Å²) in [5.74, 6) is 1.85. The molecule has 1 aliphatic heterocycles. The molecule has 2 aromatic heterocycles. The van der Waals surface area contributed by atoms with E-state index < -0.39 is 0 Å². The third-order valence-electron chi connectivity index (χ3n) is 3.51. The Balaban J connectivity index is 1.90. The molecule has 0 spiro atoms. The van der Waals surface area contributed by atoms with Gasteiger partial charge in [-0.05, 0) is 38.9 Å². The van der Waals surface area contributed by atoms with E-state index in [0.717, 1.165) is 36.2 Å². The Kier molecular flexibility index (Phi) is 3.18. The Hall–Kier alpha value is -1.20. The molecule has 1 fully saturated rings. The second-order valence-electron chi connectivity index (χ2n) is 4.93. The summed E-state index contributed by atoms with van der Waals surface area (Å²) in [4.78, 5) is 13.7. The summed E-state index contributed by atoms with van der Waals surface area (Å²) in [5.41, 5.74) is 0. The van der Waals surface area contributed by atoms with Crippen molar-refractivity contribution in [3.05, 3.63) is 17.3 Å². The lowest BCUT2D eigenvalue weighted by atomic mass is 10.1. The Morgan fingerprint density at radius 1 is 1.50 bits per heavy atom. The van der Waals surface area contributed by atoms with E-state index in [1.807, 2.05) is 7.05 Å². The van der Waals surface area contributed by atoms with Crippen molar-refractivity contribution in [2.24, 2.45) is 5.92 Å². The molecule has 3 heterocycles. The fourth-order valence-electron chi connectivity index (χ4n) is 2.70. The number of nitrogens with zero attached hydrogens (tertiary/aromatic N) is 3. The van der Waals surface area contributed by atoms with Gasteiger partial charge in [-0.2, -0.15) is 0 Å². The topological polar surface area (TPSA) is 41.0 Å². The first kappa shape index (κ1) is 11.9. The number of aryl methyl sites for hydroxylation is 1. The van der Waals surface area contributed by atoms with E-state index in [4.69, 9.17) is 0 Å². The van der Waals surface area contributed by atoms with Crippen LogP contribution in [-0.2, 0) is 0 Å². The number of thiophene rings is 1. The Bertz CT molecular complexity index is 551. The molecule has 0 amide bonds. The maximum Gasteiger partial charge on any atom is 0.140 e. The second-order valence-corrected chi connectivity index (χ2v) is 6.17. The third kappa shape index (κ3) is 2.08. The van der Waals surface area contributed by atoms with Crippen LogP contribution in [0.25, 0.3) is 10.2 Å². The quantitative estimate of drug-likeness (QED) is 0.919. The number of anilines is 1. The molecule has 0 aliphatic carbocycles. The molecule has 96 valence electrons. The van der Waals surface area contributed by atoms with Crippen LogP contribution in [0.2, 0.25) is 0 Å². The molecule has 2 aromatic rings. The number of fused-ring (bicyclic) bond motifs is 1. The van der Waals surface area contributed by atoms with Crippen LogP contribution < -0.4 is 10.2 Å². The van der Waals surface area contributed by atoms with Gasteiger partial charge in [-0.15, -0.1) is 11.3 Å². The van der Waals surface area contributed by atoms with Crippen molar-refractivity contribution in [3.63, 3.8) is 0 Å². The van der Waals surface area contributed by atoms with E-state index in [9.17, 15) is 0 Å². The lowest BCUT2D eigenvalue weighted by molar-refractivity contribution is 0.549. The lowest BCUT2D eigenvalue weighted by Crippen LogP contribution is -2.25. The maximum absolute atomic E-state index is 4.50. The monoisotopic (exact) mass is 262 g/mol. The van der Waals surface area contributed by atoms with Gasteiger partial charge in [0.15, 0.2) is 0 Å². The van der Waals surface area contributed by atoms with Gasteiger partial charge in [0.25, 0.3) is 0 Å². The van der Waals surface area contributed by atoms with Crippen LogP contribution in [0.5, 0.6) is 0 Å². The first-order valence-corrected chi connectivity index (χ1v) is 7.20. The first-order chi connectivity index (χ1) is 8.78. The molecule has 4 nitrogen and oxygen atoms in total. The Labute approximate surface area is 111 Å². The minimum atomic E-state index is 0.736. The summed E-state index contributed by atoms with van der Waals surface area (Å²) in [6.07, 6.45) is 2.94. The van der Waals surface area contributed by atoms with E-state index in [-0.39, 0.29) is 0 Å². The molecule has 0 bridgehead atoms. The maximum atomic E-state index is 4.50. The van der Waals surface area contributed by atoms with Gasteiger partial charge in [0, 0.05) is 18.0 Å². The molecule has 5 heteroatoms. The summed E-state index contributed by atoms with van der Waals surface area (Å²) in [6, 6.07) is 2.21. The molecule has 1 N–H and O–H groups in total. The van der Waals surface area contributed by atoms with Gasteiger partial charge < -0.3 is 10.2 Å². The number of hydrogen-bond donors (Lipinski definition) is 1. The fraction of sp³-hybridized carbons (Fsp3) is 0.538. The van der Waals surface area contributed by atoms with E-state index in [1.165, 1.54) is 16.7 Å². The van der Waals surface area contributed by atoms with Gasteiger partial charge in [0.1, 0.15) is 17.0 Å². The largest absolute Gasteiger partial charge is 0.356 e. The van der Waals surface area contributed by atoms with Crippen LogP contribution in [-0.4, -0.2) is 36.6 Å². The standard InChI is InChI=1S/C13H18N4S/c1-9-5-11-12(15-8-16-13(11)18-9)17-4-3-10(7-17)6-14-2/h5,8,10,14H,3-4,6-7H2,1-2H3. The zero-order valence-corrected chi connectivity index (χ0v) is 11.6. The third-order valence-corrected chi connectivity index (χ3v) is 4.47. The highest BCUT2D eigenvalue weighted by molar-refractivity contribution is 7.18. The summed E-state index contributed by atoms with van der Waals surface area (Å²) >= 11 is 1.75. The van der Waals surface area contributed by atoms with Crippen molar-refractivity contribution in [3.8, 4) is 0 Å². The average molecular weight is 262 g/mol. The van der Waals surface area contributed by atoms with Gasteiger partial charge in [0.2, 0.25) is 0 Å². The predicted molar refractivity (Wildman–Crippen MR) is 76.4 cm³/mol. The van der Waals surface area contributed by atoms with Crippen molar-refractivity contribution in [2.75, 3.05) is 31.6 Å². The van der Waals surface area contributed by atoms with Gasteiger partial charge in [-0.1, -0.05) is 0 Å². The fourth-order valence-corrected chi connectivity index (χ4v) is 3.54. The summed E-state index contributed by atoms with van der Waals surface area (Å²) < 4.78 is 0. The van der Waals surface area contributed by atoms with E-state index >= 15 is 0 Å². The minimum Gasteiger partial charge on any atom is -0.356 e. The molecule has 1 saturated heterocycles. The van der Waals surface area contributed by atoms with Gasteiger partial charge in [0.05, 0.1) is 5.39 Å². The second kappa shape index (κ2) is 4.82. The highest BCUT2D eigenvalue weighted by atomic mass is 32.1. The van der Waals surface area contributed by atoms with Gasteiger partial charge in [-0.3, -0.25) is 0 Å². The highest BCUT2D eigenvalue weighted by Crippen LogP contribution is 2.32. The molecule has 18 heavy (non-hydrogen) atoms. The van der Waals surface area contributed by atoms with Crippen molar-refractivity contribution >= 4 is 27.4 Å². The van der Waals surface area contributed by atoms with Crippen molar-refractivity contribution in [2.45, 2.75) is 13.3 Å². The zero-order chi connectivity index (χ0) is 12.5. The Morgan fingerprint density at radius 2 is 2.39 bits per heavy atom. The van der Waals surface area contributed by atoms with Crippen molar-refractivity contribution in [1.82, 2.24) is 15.3 Å². The van der Waals surface area contributed by atoms with Crippen molar-refractivity contribution < 1.29 is 0 Å². The number of rotatable bonds is 3. The lowest BCUT2D eigenvalue weighted by Gasteiger charge is -2.18. The normalized spacial score (nSPS) is 19.9. The number of nitrogens with one attached hydrogen (secondary N) is 1. The molecule has 1 aliphatic rings. The summed E-state index contributed by atoms with van der Waals surface area (Å²) in [7, 11) is 2.02. The van der Waals surface area contributed by atoms with Crippen LogP contribution in [0.15, 0.2) is 12.4 Å². The smallest absolute Gasteiger partial charge is 0.140 e. The van der Waals surface area contributed by atoms with Crippen LogP contribution in [0.4, 0.5) is 5.82 Å². The molecule has 0 radical (unpaired) electrons. The predicted octanol–water partition coefficient (Wildman–Crippen LogP) is 2.05. The summed E-state index contributed by atoms with van der Waals surface area (Å²) in [5, 5.41) is 4.48. The number of aromatic nitrogens is 2. The molecular formula is C13H18N4S. The van der Waals surface area contributed by atoms with Gasteiger partial charge in [-0.25, -0.2) is 9.97 Å². The number of hydrogen-bond acceptors (Lipinski definition) is 5. The van der Waals surface area contributed by atoms with Crippen molar-refractivity contribution in [1.29, 1.82) is 0 Å². The average Bonchev–Trinajstić information content (AvgIpc) is 2.94. The van der Waals surface area contributed by atoms with Crippen LogP contribution >= 0.6 is 11.3 Å². The molecule has 0 aromatic carbocycles. The SMILES string of the molecule is CNCC1CCN(c2ncnc3sc(C)cc23)C1.